The number of hydrogen-bond donors (Lipinski definition) is 1. The molecule has 2 heteroatoms. The van der Waals surface area contributed by atoms with Crippen LogP contribution in [0.4, 0.5) is 0 Å². The van der Waals surface area contributed by atoms with Crippen LogP contribution in [-0.4, -0.2) is 37.1 Å². The van der Waals surface area contributed by atoms with Gasteiger partial charge in [0.1, 0.15) is 0 Å². The van der Waals surface area contributed by atoms with Gasteiger partial charge in [0.25, 0.3) is 0 Å². The molecule has 0 aromatic heterocycles. The second-order valence-electron chi connectivity index (χ2n) is 3.74. The summed E-state index contributed by atoms with van der Waals surface area (Å²) in [6.45, 7) is 7.13. The minimum atomic E-state index is 0.741. The van der Waals surface area contributed by atoms with E-state index in [2.05, 4.69) is 31.1 Å². The molecule has 2 nitrogen and oxygen atoms in total. The summed E-state index contributed by atoms with van der Waals surface area (Å²) in [5, 5.41) is 3.36. The third-order valence-electron chi connectivity index (χ3n) is 3.09. The molecule has 1 fully saturated rings. The van der Waals surface area contributed by atoms with E-state index in [9.17, 15) is 0 Å². The van der Waals surface area contributed by atoms with Gasteiger partial charge in [-0.25, -0.2) is 0 Å². The summed E-state index contributed by atoms with van der Waals surface area (Å²) in [4.78, 5) is 2.63. The van der Waals surface area contributed by atoms with Gasteiger partial charge in [-0.1, -0.05) is 13.8 Å². The predicted octanol–water partition coefficient (Wildman–Crippen LogP) is 1.47. The van der Waals surface area contributed by atoms with Crippen molar-refractivity contribution in [3.63, 3.8) is 0 Å². The zero-order valence-electron chi connectivity index (χ0n) is 8.64. The highest BCUT2D eigenvalue weighted by Crippen LogP contribution is 2.16. The van der Waals surface area contributed by atoms with Crippen molar-refractivity contribution in [3.8, 4) is 0 Å². The molecule has 0 unspecified atom stereocenters. The van der Waals surface area contributed by atoms with Gasteiger partial charge < -0.3 is 5.32 Å². The van der Waals surface area contributed by atoms with Gasteiger partial charge in [-0.3, -0.25) is 4.90 Å². The fraction of sp³-hybridized carbons (Fsp3) is 1.00. The molecule has 0 amide bonds. The van der Waals surface area contributed by atoms with Crippen LogP contribution >= 0.6 is 0 Å². The lowest BCUT2D eigenvalue weighted by molar-refractivity contribution is 0.225. The minimum Gasteiger partial charge on any atom is -0.316 e. The van der Waals surface area contributed by atoms with Crippen LogP contribution in [0.5, 0.6) is 0 Å². The molecule has 1 saturated heterocycles. The Morgan fingerprint density at radius 1 is 1.42 bits per heavy atom. The van der Waals surface area contributed by atoms with Gasteiger partial charge in [-0.2, -0.15) is 0 Å². The Kier molecular flexibility index (Phi) is 4.02. The molecular formula is C10H22N2. The first-order valence-electron chi connectivity index (χ1n) is 5.23. The maximum absolute atomic E-state index is 3.36. The molecule has 1 rings (SSSR count). The first kappa shape index (κ1) is 10.0. The number of likely N-dealkylation sites (N-methyl/N-ethyl adjacent to an activating group) is 1. The van der Waals surface area contributed by atoms with E-state index >= 15 is 0 Å². The van der Waals surface area contributed by atoms with Gasteiger partial charge >= 0.3 is 0 Å². The minimum absolute atomic E-state index is 0.741. The fourth-order valence-corrected chi connectivity index (χ4v) is 2.16. The van der Waals surface area contributed by atoms with Crippen LogP contribution in [0.2, 0.25) is 0 Å². The number of nitrogens with zero attached hydrogens (tertiary/aromatic N) is 1. The van der Waals surface area contributed by atoms with Gasteiger partial charge in [-0.15, -0.1) is 0 Å². The number of rotatable bonds is 4. The van der Waals surface area contributed by atoms with Crippen molar-refractivity contribution in [3.05, 3.63) is 0 Å². The highest BCUT2D eigenvalue weighted by Gasteiger charge is 2.24. The highest BCUT2D eigenvalue weighted by molar-refractivity contribution is 4.83. The molecule has 0 aromatic carbocycles. The third-order valence-corrected chi connectivity index (χ3v) is 3.09. The van der Waals surface area contributed by atoms with Gasteiger partial charge in [0.05, 0.1) is 0 Å². The van der Waals surface area contributed by atoms with Crippen molar-refractivity contribution < 1.29 is 0 Å². The Labute approximate surface area is 76.3 Å². The molecule has 0 radical (unpaired) electrons. The summed E-state index contributed by atoms with van der Waals surface area (Å²) in [6, 6.07) is 1.56. The van der Waals surface area contributed by atoms with Crippen LogP contribution in [0.3, 0.4) is 0 Å². The largest absolute Gasteiger partial charge is 0.316 e. The SMILES string of the molecule is CCC(CC)N1CC[C@H](NC)C1. The van der Waals surface area contributed by atoms with E-state index in [-0.39, 0.29) is 0 Å². The Morgan fingerprint density at radius 3 is 2.50 bits per heavy atom. The zero-order chi connectivity index (χ0) is 8.97. The normalized spacial score (nSPS) is 25.5. The second-order valence-corrected chi connectivity index (χ2v) is 3.74. The van der Waals surface area contributed by atoms with Crippen LogP contribution in [0.1, 0.15) is 33.1 Å². The molecule has 1 aliphatic rings. The van der Waals surface area contributed by atoms with Gasteiger partial charge in [-0.05, 0) is 26.3 Å². The molecule has 12 heavy (non-hydrogen) atoms. The van der Waals surface area contributed by atoms with Crippen LogP contribution < -0.4 is 5.32 Å². The molecule has 0 bridgehead atoms. The van der Waals surface area contributed by atoms with Crippen LogP contribution in [0.25, 0.3) is 0 Å². The van der Waals surface area contributed by atoms with E-state index in [0.29, 0.717) is 0 Å². The van der Waals surface area contributed by atoms with Crippen LogP contribution in [0.15, 0.2) is 0 Å². The average molecular weight is 170 g/mol. The average Bonchev–Trinajstić information content (AvgIpc) is 2.55. The summed E-state index contributed by atoms with van der Waals surface area (Å²) in [6.07, 6.45) is 3.92. The first-order valence-corrected chi connectivity index (χ1v) is 5.23. The van der Waals surface area contributed by atoms with Crippen molar-refractivity contribution in [2.24, 2.45) is 0 Å². The molecule has 0 aliphatic carbocycles. The van der Waals surface area contributed by atoms with Crippen LogP contribution in [-0.2, 0) is 0 Å². The van der Waals surface area contributed by atoms with Gasteiger partial charge in [0, 0.05) is 25.2 Å². The lowest BCUT2D eigenvalue weighted by Gasteiger charge is -2.25. The van der Waals surface area contributed by atoms with Crippen LogP contribution in [0, 0.1) is 0 Å². The van der Waals surface area contributed by atoms with E-state index < -0.39 is 0 Å². The molecule has 1 aliphatic heterocycles. The zero-order valence-corrected chi connectivity index (χ0v) is 8.64. The quantitative estimate of drug-likeness (QED) is 0.687. The van der Waals surface area contributed by atoms with Crippen molar-refractivity contribution in [2.75, 3.05) is 20.1 Å². The Morgan fingerprint density at radius 2 is 2.08 bits per heavy atom. The lowest BCUT2D eigenvalue weighted by Crippen LogP contribution is -2.35. The van der Waals surface area contributed by atoms with E-state index in [1.165, 1.54) is 32.4 Å². The first-order chi connectivity index (χ1) is 5.81. The number of hydrogen-bond acceptors (Lipinski definition) is 2. The smallest absolute Gasteiger partial charge is 0.0204 e. The molecule has 1 heterocycles. The summed E-state index contributed by atoms with van der Waals surface area (Å²) in [7, 11) is 2.07. The van der Waals surface area contributed by atoms with Gasteiger partial charge in [0.2, 0.25) is 0 Å². The standard InChI is InChI=1S/C10H22N2/c1-4-10(5-2)12-7-6-9(8-12)11-3/h9-11H,4-8H2,1-3H3/t9-/m0/s1. The third kappa shape index (κ3) is 2.20. The van der Waals surface area contributed by atoms with Crippen molar-refractivity contribution in [1.82, 2.24) is 10.2 Å². The molecule has 0 aromatic rings. The molecule has 0 spiro atoms. The summed E-state index contributed by atoms with van der Waals surface area (Å²) in [5.74, 6) is 0. The second kappa shape index (κ2) is 4.83. The maximum Gasteiger partial charge on any atom is 0.0204 e. The number of nitrogens with one attached hydrogen (secondary N) is 1. The van der Waals surface area contributed by atoms with Crippen molar-refractivity contribution in [1.29, 1.82) is 0 Å². The lowest BCUT2D eigenvalue weighted by atomic mass is 10.1. The van der Waals surface area contributed by atoms with Crippen molar-refractivity contribution >= 4 is 0 Å². The maximum atomic E-state index is 3.36. The molecule has 1 atom stereocenters. The Bertz CT molecular complexity index is 121. The Hall–Kier alpha value is -0.0800. The number of likely N-dealkylation sites (tertiary alicyclic amines) is 1. The molecule has 72 valence electrons. The Balaban J connectivity index is 2.34. The highest BCUT2D eigenvalue weighted by atomic mass is 15.2. The van der Waals surface area contributed by atoms with E-state index in [1.807, 2.05) is 0 Å². The molecule has 1 N–H and O–H groups in total. The fourth-order valence-electron chi connectivity index (χ4n) is 2.16. The van der Waals surface area contributed by atoms with Crippen molar-refractivity contribution in [2.45, 2.75) is 45.2 Å². The molecular weight excluding hydrogens is 148 g/mol. The van der Waals surface area contributed by atoms with E-state index in [4.69, 9.17) is 0 Å². The van der Waals surface area contributed by atoms with E-state index in [1.54, 1.807) is 0 Å². The summed E-state index contributed by atoms with van der Waals surface area (Å²) in [5.41, 5.74) is 0. The summed E-state index contributed by atoms with van der Waals surface area (Å²) >= 11 is 0. The molecule has 0 saturated carbocycles. The summed E-state index contributed by atoms with van der Waals surface area (Å²) < 4.78 is 0. The van der Waals surface area contributed by atoms with Gasteiger partial charge in [0.15, 0.2) is 0 Å². The van der Waals surface area contributed by atoms with E-state index in [0.717, 1.165) is 12.1 Å². The monoisotopic (exact) mass is 170 g/mol. The topological polar surface area (TPSA) is 15.3 Å². The predicted molar refractivity (Wildman–Crippen MR) is 53.4 cm³/mol.